The molecule has 0 saturated carbocycles. The van der Waals surface area contributed by atoms with Crippen molar-refractivity contribution in [3.05, 3.63) is 81.2 Å². The smallest absolute Gasteiger partial charge is 0.349 e. The number of hydrogen-bond acceptors (Lipinski definition) is 4. The molecule has 0 unspecified atom stereocenters. The Morgan fingerprint density at radius 3 is 2.68 bits per heavy atom. The molecule has 1 aliphatic heterocycles. The van der Waals surface area contributed by atoms with Gasteiger partial charge in [0, 0.05) is 30.1 Å². The Morgan fingerprint density at radius 1 is 1.14 bits per heavy atom. The summed E-state index contributed by atoms with van der Waals surface area (Å²) in [5.74, 6) is -0.357. The minimum atomic E-state index is -0.628. The van der Waals surface area contributed by atoms with Crippen molar-refractivity contribution in [3.63, 3.8) is 0 Å². The molecule has 0 bridgehead atoms. The van der Waals surface area contributed by atoms with Crippen LogP contribution in [0.3, 0.4) is 0 Å². The van der Waals surface area contributed by atoms with Crippen LogP contribution in [0.5, 0.6) is 0 Å². The largest absolute Gasteiger partial charge is 0.422 e. The van der Waals surface area contributed by atoms with Crippen LogP contribution >= 0.6 is 11.6 Å². The zero-order valence-corrected chi connectivity index (χ0v) is 16.0. The van der Waals surface area contributed by atoms with E-state index in [0.717, 1.165) is 18.4 Å². The van der Waals surface area contributed by atoms with Gasteiger partial charge in [0.25, 0.3) is 5.91 Å². The summed E-state index contributed by atoms with van der Waals surface area (Å²) >= 11 is 5.97. The molecule has 28 heavy (non-hydrogen) atoms. The van der Waals surface area contributed by atoms with Gasteiger partial charge in [-0.25, -0.2) is 4.79 Å². The predicted molar refractivity (Wildman–Crippen MR) is 108 cm³/mol. The summed E-state index contributed by atoms with van der Waals surface area (Å²) < 4.78 is 11.1. The average Bonchev–Trinajstić information content (AvgIpc) is 3.21. The highest BCUT2D eigenvalue weighted by Gasteiger charge is 2.26. The second-order valence-electron chi connectivity index (χ2n) is 6.93. The predicted octanol–water partition coefficient (Wildman–Crippen LogP) is 4.27. The van der Waals surface area contributed by atoms with E-state index in [9.17, 15) is 9.59 Å². The Bertz CT molecular complexity index is 1040. The first-order valence-corrected chi connectivity index (χ1v) is 9.66. The van der Waals surface area contributed by atoms with Crippen molar-refractivity contribution in [2.75, 3.05) is 13.2 Å². The summed E-state index contributed by atoms with van der Waals surface area (Å²) in [6.45, 7) is 1.49. The first-order valence-electron chi connectivity index (χ1n) is 9.28. The lowest BCUT2D eigenvalue weighted by Gasteiger charge is -2.25. The molecule has 5 nitrogen and oxygen atoms in total. The van der Waals surface area contributed by atoms with E-state index in [1.165, 1.54) is 0 Å². The number of carbonyl (C=O) groups excluding carboxylic acids is 1. The molecule has 1 amide bonds. The van der Waals surface area contributed by atoms with Gasteiger partial charge >= 0.3 is 5.63 Å². The number of para-hydroxylation sites is 1. The highest BCUT2D eigenvalue weighted by molar-refractivity contribution is 6.30. The molecule has 3 aromatic rings. The van der Waals surface area contributed by atoms with Gasteiger partial charge in [0.2, 0.25) is 0 Å². The molecular formula is C22H20ClNO4. The highest BCUT2D eigenvalue weighted by Crippen LogP contribution is 2.19. The minimum Gasteiger partial charge on any atom is -0.422 e. The molecule has 144 valence electrons. The number of fused-ring (bicyclic) bond motifs is 1. The molecule has 0 spiro atoms. The van der Waals surface area contributed by atoms with E-state index in [4.69, 9.17) is 20.8 Å². The summed E-state index contributed by atoms with van der Waals surface area (Å²) in [4.78, 5) is 27.4. The van der Waals surface area contributed by atoms with Gasteiger partial charge in [-0.15, -0.1) is 0 Å². The van der Waals surface area contributed by atoms with Crippen molar-refractivity contribution in [1.29, 1.82) is 0 Å². The Morgan fingerprint density at radius 2 is 1.93 bits per heavy atom. The molecule has 2 aromatic carbocycles. The zero-order valence-electron chi connectivity index (χ0n) is 15.3. The third-order valence-corrected chi connectivity index (χ3v) is 5.15. The molecular weight excluding hydrogens is 378 g/mol. The van der Waals surface area contributed by atoms with E-state index < -0.39 is 5.63 Å². The summed E-state index contributed by atoms with van der Waals surface area (Å²) in [7, 11) is 0. The van der Waals surface area contributed by atoms with Crippen LogP contribution in [0.15, 0.2) is 63.8 Å². The van der Waals surface area contributed by atoms with Gasteiger partial charge in [-0.05, 0) is 42.7 Å². The van der Waals surface area contributed by atoms with Gasteiger partial charge in [0.15, 0.2) is 0 Å². The van der Waals surface area contributed by atoms with E-state index in [-0.39, 0.29) is 17.6 Å². The van der Waals surface area contributed by atoms with Gasteiger partial charge in [-0.2, -0.15) is 0 Å². The van der Waals surface area contributed by atoms with Gasteiger partial charge in [-0.3, -0.25) is 4.79 Å². The van der Waals surface area contributed by atoms with Gasteiger partial charge in [0.05, 0.1) is 6.10 Å². The van der Waals surface area contributed by atoms with E-state index >= 15 is 0 Å². The molecule has 1 atom stereocenters. The fraction of sp³-hybridized carbons (Fsp3) is 0.273. The Balaban J connectivity index is 1.66. The van der Waals surface area contributed by atoms with Gasteiger partial charge in [0.1, 0.15) is 11.1 Å². The number of ether oxygens (including phenoxy) is 1. The number of halogens is 1. The summed E-state index contributed by atoms with van der Waals surface area (Å²) in [6, 6.07) is 16.1. The van der Waals surface area contributed by atoms with Crippen LogP contribution in [0.4, 0.5) is 0 Å². The molecule has 0 N–H and O–H groups in total. The number of nitrogens with zero attached hydrogens (tertiary/aromatic N) is 1. The molecule has 6 heteroatoms. The standard InChI is InChI=1S/C22H20ClNO4/c23-17-9-7-15(8-10-17)13-24(14-18-5-3-11-27-18)21(25)19-12-16-4-1-2-6-20(16)28-22(19)26/h1-2,4,6-10,12,18H,3,5,11,13-14H2/t18-/m0/s1. The number of amides is 1. The Kier molecular flexibility index (Phi) is 5.46. The van der Waals surface area contributed by atoms with Crippen molar-refractivity contribution in [2.24, 2.45) is 0 Å². The number of rotatable bonds is 5. The third-order valence-electron chi connectivity index (χ3n) is 4.89. The second kappa shape index (κ2) is 8.17. The van der Waals surface area contributed by atoms with E-state index in [0.29, 0.717) is 35.7 Å². The Hall–Kier alpha value is -2.63. The van der Waals surface area contributed by atoms with Crippen molar-refractivity contribution in [1.82, 2.24) is 4.90 Å². The van der Waals surface area contributed by atoms with Crippen LogP contribution < -0.4 is 5.63 Å². The average molecular weight is 398 g/mol. The van der Waals surface area contributed by atoms with E-state index in [1.807, 2.05) is 24.3 Å². The summed E-state index contributed by atoms with van der Waals surface area (Å²) in [6.07, 6.45) is 1.85. The maximum atomic E-state index is 13.3. The lowest BCUT2D eigenvalue weighted by atomic mass is 10.1. The lowest BCUT2D eigenvalue weighted by molar-refractivity contribution is 0.0504. The number of carbonyl (C=O) groups is 1. The third kappa shape index (κ3) is 4.11. The van der Waals surface area contributed by atoms with Crippen LogP contribution in [0.2, 0.25) is 5.02 Å². The topological polar surface area (TPSA) is 59.8 Å². The van der Waals surface area contributed by atoms with Crippen LogP contribution in [0.25, 0.3) is 11.0 Å². The molecule has 1 saturated heterocycles. The first kappa shape index (κ1) is 18.7. The zero-order chi connectivity index (χ0) is 19.5. The van der Waals surface area contributed by atoms with Gasteiger partial charge < -0.3 is 14.1 Å². The molecule has 2 heterocycles. The summed E-state index contributed by atoms with van der Waals surface area (Å²) in [5.41, 5.74) is 0.802. The monoisotopic (exact) mass is 397 g/mol. The maximum absolute atomic E-state index is 13.3. The van der Waals surface area contributed by atoms with Crippen molar-refractivity contribution < 1.29 is 13.9 Å². The fourth-order valence-corrected chi connectivity index (χ4v) is 3.57. The highest BCUT2D eigenvalue weighted by atomic mass is 35.5. The van der Waals surface area contributed by atoms with Crippen LogP contribution in [0, 0.1) is 0 Å². The van der Waals surface area contributed by atoms with Gasteiger partial charge in [-0.1, -0.05) is 41.9 Å². The molecule has 1 fully saturated rings. The van der Waals surface area contributed by atoms with Crippen LogP contribution in [0.1, 0.15) is 28.8 Å². The van der Waals surface area contributed by atoms with Crippen LogP contribution in [-0.2, 0) is 11.3 Å². The van der Waals surface area contributed by atoms with Crippen molar-refractivity contribution >= 4 is 28.5 Å². The molecule has 1 aliphatic rings. The molecule has 0 aliphatic carbocycles. The molecule has 4 rings (SSSR count). The quantitative estimate of drug-likeness (QED) is 0.603. The first-order chi connectivity index (χ1) is 13.6. The SMILES string of the molecule is O=C(c1cc2ccccc2oc1=O)N(Cc1ccc(Cl)cc1)C[C@@H]1CCCO1. The minimum absolute atomic E-state index is 0.0243. The van der Waals surface area contributed by atoms with Crippen molar-refractivity contribution in [2.45, 2.75) is 25.5 Å². The normalized spacial score (nSPS) is 16.4. The summed E-state index contributed by atoms with van der Waals surface area (Å²) in [5, 5.41) is 1.35. The number of hydrogen-bond donors (Lipinski definition) is 0. The number of benzene rings is 2. The lowest BCUT2D eigenvalue weighted by Crippen LogP contribution is -2.38. The van der Waals surface area contributed by atoms with Crippen LogP contribution in [-0.4, -0.2) is 30.1 Å². The maximum Gasteiger partial charge on any atom is 0.349 e. The van der Waals surface area contributed by atoms with E-state index in [2.05, 4.69) is 0 Å². The Labute approximate surface area is 167 Å². The van der Waals surface area contributed by atoms with Crippen molar-refractivity contribution in [3.8, 4) is 0 Å². The van der Waals surface area contributed by atoms with E-state index in [1.54, 1.807) is 35.2 Å². The second-order valence-corrected chi connectivity index (χ2v) is 7.37. The fourth-order valence-electron chi connectivity index (χ4n) is 3.44. The molecule has 1 aromatic heterocycles. The molecule has 0 radical (unpaired) electrons.